The van der Waals surface area contributed by atoms with Crippen LogP contribution < -0.4 is 14.2 Å². The molecular formula is C30H31NO7. The van der Waals surface area contributed by atoms with E-state index in [0.717, 1.165) is 5.56 Å². The van der Waals surface area contributed by atoms with Crippen molar-refractivity contribution in [1.82, 2.24) is 4.90 Å². The predicted molar refractivity (Wildman–Crippen MR) is 143 cm³/mol. The molecule has 0 aromatic heterocycles. The number of aliphatic hydroxyl groups is 1. The first-order valence-corrected chi connectivity index (χ1v) is 12.3. The van der Waals surface area contributed by atoms with Gasteiger partial charge in [0, 0.05) is 12.1 Å². The van der Waals surface area contributed by atoms with Crippen LogP contribution in [-0.2, 0) is 16.0 Å². The number of benzene rings is 3. The van der Waals surface area contributed by atoms with Crippen LogP contribution >= 0.6 is 0 Å². The second kappa shape index (κ2) is 11.3. The summed E-state index contributed by atoms with van der Waals surface area (Å²) in [5.41, 5.74) is 1.86. The number of likely N-dealkylation sites (tertiary alicyclic amines) is 1. The Morgan fingerprint density at radius 1 is 0.921 bits per heavy atom. The van der Waals surface area contributed by atoms with Crippen LogP contribution in [0.4, 0.5) is 0 Å². The van der Waals surface area contributed by atoms with Crippen LogP contribution in [0, 0.1) is 0 Å². The lowest BCUT2D eigenvalue weighted by atomic mass is 9.95. The Bertz CT molecular complexity index is 1340. The fourth-order valence-corrected chi connectivity index (χ4v) is 4.52. The van der Waals surface area contributed by atoms with Crippen molar-refractivity contribution < 1.29 is 34.0 Å². The highest BCUT2D eigenvalue weighted by molar-refractivity contribution is 6.46. The van der Waals surface area contributed by atoms with Crippen molar-refractivity contribution in [3.05, 3.63) is 89.0 Å². The molecule has 2 N–H and O–H groups in total. The van der Waals surface area contributed by atoms with Crippen LogP contribution in [0.5, 0.6) is 23.0 Å². The van der Waals surface area contributed by atoms with Gasteiger partial charge in [-0.2, -0.15) is 0 Å². The lowest BCUT2D eigenvalue weighted by Gasteiger charge is -2.25. The molecule has 38 heavy (non-hydrogen) atoms. The summed E-state index contributed by atoms with van der Waals surface area (Å²) in [5.74, 6) is 0.0859. The lowest BCUT2D eigenvalue weighted by molar-refractivity contribution is -0.139. The average molecular weight is 518 g/mol. The number of ketones is 1. The number of ether oxygens (including phenoxy) is 3. The molecule has 1 fully saturated rings. The van der Waals surface area contributed by atoms with Gasteiger partial charge in [-0.25, -0.2) is 0 Å². The van der Waals surface area contributed by atoms with Crippen molar-refractivity contribution in [2.24, 2.45) is 0 Å². The van der Waals surface area contributed by atoms with E-state index in [4.69, 9.17) is 14.2 Å². The number of carbonyl (C=O) groups is 2. The minimum atomic E-state index is -0.831. The molecule has 3 aromatic rings. The zero-order valence-electron chi connectivity index (χ0n) is 21.8. The number of aromatic hydroxyl groups is 1. The number of hydrogen-bond donors (Lipinski definition) is 2. The summed E-state index contributed by atoms with van der Waals surface area (Å²) in [6.45, 7) is 4.04. The van der Waals surface area contributed by atoms with Crippen LogP contribution in [0.25, 0.3) is 5.76 Å². The van der Waals surface area contributed by atoms with Gasteiger partial charge in [0.1, 0.15) is 17.3 Å². The normalized spacial score (nSPS) is 16.7. The quantitative estimate of drug-likeness (QED) is 0.237. The predicted octanol–water partition coefficient (Wildman–Crippen LogP) is 4.86. The summed E-state index contributed by atoms with van der Waals surface area (Å²) in [6.07, 6.45) is 0.420. The molecule has 0 saturated carbocycles. The maximum absolute atomic E-state index is 13.3. The van der Waals surface area contributed by atoms with Crippen molar-refractivity contribution >= 4 is 17.4 Å². The Labute approximate surface area is 221 Å². The Morgan fingerprint density at radius 2 is 1.58 bits per heavy atom. The third-order valence-corrected chi connectivity index (χ3v) is 6.34. The molecule has 8 heteroatoms. The number of carbonyl (C=O) groups excluding carboxylic acids is 2. The van der Waals surface area contributed by atoms with E-state index < -0.39 is 17.7 Å². The summed E-state index contributed by atoms with van der Waals surface area (Å²) in [7, 11) is 3.10. The summed E-state index contributed by atoms with van der Waals surface area (Å²) >= 11 is 0. The van der Waals surface area contributed by atoms with E-state index in [-0.39, 0.29) is 29.7 Å². The van der Waals surface area contributed by atoms with Crippen LogP contribution in [-0.4, -0.2) is 53.7 Å². The number of phenolic OH excluding ortho intramolecular Hbond substituents is 1. The summed E-state index contributed by atoms with van der Waals surface area (Å²) in [5, 5.41) is 21.1. The largest absolute Gasteiger partial charge is 0.508 e. The smallest absolute Gasteiger partial charge is 0.295 e. The van der Waals surface area contributed by atoms with Gasteiger partial charge in [-0.3, -0.25) is 9.59 Å². The Kier molecular flexibility index (Phi) is 7.90. The van der Waals surface area contributed by atoms with Crippen LogP contribution in [0.1, 0.15) is 36.6 Å². The van der Waals surface area contributed by atoms with E-state index in [9.17, 15) is 19.8 Å². The first-order chi connectivity index (χ1) is 18.2. The second-order valence-electron chi connectivity index (χ2n) is 9.21. The average Bonchev–Trinajstić information content (AvgIpc) is 3.16. The topological polar surface area (TPSA) is 106 Å². The van der Waals surface area contributed by atoms with Gasteiger partial charge in [0.15, 0.2) is 11.5 Å². The van der Waals surface area contributed by atoms with Crippen molar-refractivity contribution in [3.8, 4) is 23.0 Å². The summed E-state index contributed by atoms with van der Waals surface area (Å²) < 4.78 is 16.3. The SMILES string of the molecule is COc1ccc(CCN2C(=O)C(=O)/C(=C(/O)c3ccc(OC(C)C)cc3)C2c2ccc(O)cc2)cc1OC. The first kappa shape index (κ1) is 26.6. The molecule has 8 nitrogen and oxygen atoms in total. The molecule has 1 amide bonds. The number of rotatable bonds is 9. The Balaban J connectivity index is 1.71. The Hall–Kier alpha value is -4.46. The number of Topliss-reactive ketones (excluding diaryl/α,β-unsaturated/α-hetero) is 1. The number of aliphatic hydroxyl groups excluding tert-OH is 1. The molecule has 0 aliphatic carbocycles. The van der Waals surface area contributed by atoms with Crippen molar-refractivity contribution in [2.45, 2.75) is 32.4 Å². The molecule has 0 radical (unpaired) electrons. The molecule has 3 aromatic carbocycles. The standard InChI is InChI=1S/C30H31NO7/c1-18(2)38-23-12-8-21(9-13-23)28(33)26-27(20-6-10-22(32)11-7-20)31(30(35)29(26)34)16-15-19-5-14-24(36-3)25(17-19)37-4/h5-14,17-18,27,32-33H,15-16H2,1-4H3/b28-26+. The highest BCUT2D eigenvalue weighted by atomic mass is 16.5. The molecule has 1 unspecified atom stereocenters. The second-order valence-corrected chi connectivity index (χ2v) is 9.21. The molecule has 4 rings (SSSR count). The maximum atomic E-state index is 13.3. The fourth-order valence-electron chi connectivity index (χ4n) is 4.52. The molecule has 1 aliphatic heterocycles. The first-order valence-electron chi connectivity index (χ1n) is 12.3. The Morgan fingerprint density at radius 3 is 2.18 bits per heavy atom. The zero-order valence-corrected chi connectivity index (χ0v) is 21.8. The van der Waals surface area contributed by atoms with Gasteiger partial charge in [0.2, 0.25) is 0 Å². The highest BCUT2D eigenvalue weighted by Crippen LogP contribution is 2.40. The molecule has 0 spiro atoms. The van der Waals surface area contributed by atoms with Crippen molar-refractivity contribution in [1.29, 1.82) is 0 Å². The van der Waals surface area contributed by atoms with Gasteiger partial charge in [-0.05, 0) is 79.9 Å². The van der Waals surface area contributed by atoms with Gasteiger partial charge in [-0.15, -0.1) is 0 Å². The van der Waals surface area contributed by atoms with E-state index in [1.54, 1.807) is 56.7 Å². The molecule has 1 heterocycles. The number of nitrogens with zero attached hydrogens (tertiary/aromatic N) is 1. The molecule has 198 valence electrons. The molecule has 1 atom stereocenters. The van der Waals surface area contributed by atoms with Crippen LogP contribution in [0.2, 0.25) is 0 Å². The lowest BCUT2D eigenvalue weighted by Crippen LogP contribution is -2.31. The third kappa shape index (κ3) is 5.44. The van der Waals surface area contributed by atoms with E-state index in [1.165, 1.54) is 17.0 Å². The van der Waals surface area contributed by atoms with E-state index in [0.29, 0.717) is 34.8 Å². The number of phenols is 1. The van der Waals surface area contributed by atoms with Gasteiger partial charge in [-0.1, -0.05) is 18.2 Å². The summed E-state index contributed by atoms with van der Waals surface area (Å²) in [6, 6.07) is 17.6. The molecule has 1 aliphatic rings. The third-order valence-electron chi connectivity index (χ3n) is 6.34. The minimum Gasteiger partial charge on any atom is -0.508 e. The molecule has 0 bridgehead atoms. The van der Waals surface area contributed by atoms with E-state index >= 15 is 0 Å². The van der Waals surface area contributed by atoms with Gasteiger partial charge in [0.05, 0.1) is 31.9 Å². The van der Waals surface area contributed by atoms with E-state index in [2.05, 4.69) is 0 Å². The maximum Gasteiger partial charge on any atom is 0.295 e. The zero-order chi connectivity index (χ0) is 27.4. The van der Waals surface area contributed by atoms with Crippen molar-refractivity contribution in [2.75, 3.05) is 20.8 Å². The molecular weight excluding hydrogens is 486 g/mol. The highest BCUT2D eigenvalue weighted by Gasteiger charge is 2.45. The van der Waals surface area contributed by atoms with Crippen LogP contribution in [0.15, 0.2) is 72.3 Å². The number of methoxy groups -OCH3 is 2. The molecule has 1 saturated heterocycles. The van der Waals surface area contributed by atoms with E-state index in [1.807, 2.05) is 26.0 Å². The fraction of sp³-hybridized carbons (Fsp3) is 0.267. The van der Waals surface area contributed by atoms with Gasteiger partial charge >= 0.3 is 0 Å². The minimum absolute atomic E-state index is 0.00877. The number of hydrogen-bond acceptors (Lipinski definition) is 7. The summed E-state index contributed by atoms with van der Waals surface area (Å²) in [4.78, 5) is 28.0. The monoisotopic (exact) mass is 517 g/mol. The van der Waals surface area contributed by atoms with Gasteiger partial charge in [0.25, 0.3) is 11.7 Å². The van der Waals surface area contributed by atoms with Crippen LogP contribution in [0.3, 0.4) is 0 Å². The number of amides is 1. The van der Waals surface area contributed by atoms with Gasteiger partial charge < -0.3 is 29.3 Å². The van der Waals surface area contributed by atoms with Crippen molar-refractivity contribution in [3.63, 3.8) is 0 Å².